The van der Waals surface area contributed by atoms with Gasteiger partial charge >= 0.3 is 0 Å². The van der Waals surface area contributed by atoms with E-state index in [1.54, 1.807) is 10.9 Å². The Labute approximate surface area is 133 Å². The van der Waals surface area contributed by atoms with E-state index in [9.17, 15) is 10.2 Å². The summed E-state index contributed by atoms with van der Waals surface area (Å²) >= 11 is 0. The molecule has 1 fully saturated rings. The van der Waals surface area contributed by atoms with Crippen LogP contribution in [0, 0.1) is 0 Å². The fourth-order valence-corrected chi connectivity index (χ4v) is 2.48. The third kappa shape index (κ3) is 3.19. The molecule has 0 aliphatic carbocycles. The smallest absolute Gasteiger partial charge is 0.245 e. The highest BCUT2D eigenvalue weighted by Crippen LogP contribution is 2.31. The lowest BCUT2D eigenvalue weighted by atomic mass is 10.2. The molecule has 0 bridgehead atoms. The van der Waals surface area contributed by atoms with Crippen LogP contribution in [0.25, 0.3) is 11.2 Å². The summed E-state index contributed by atoms with van der Waals surface area (Å²) < 4.78 is 13.0. The van der Waals surface area contributed by atoms with Gasteiger partial charge in [-0.25, -0.2) is 9.97 Å². The largest absolute Gasteiger partial charge is 0.472 e. The standard InChI is InChI=1S/C15H20N4O4/c1-9(2)3-4-22-15-13-14(16-7-17-15)19(8-18-13)12-5-10(21)11(6-20)23-12/h3,7-8,10-12,20-21H,4-6H2,1-2H3/t10-,11+,12+/m0/s1. The summed E-state index contributed by atoms with van der Waals surface area (Å²) in [6.45, 7) is 4.17. The molecule has 3 heterocycles. The molecule has 2 N–H and O–H groups in total. The molecule has 8 heteroatoms. The molecule has 1 aliphatic heterocycles. The molecule has 0 spiro atoms. The molecular weight excluding hydrogens is 300 g/mol. The lowest BCUT2D eigenvalue weighted by molar-refractivity contribution is -0.0432. The van der Waals surface area contributed by atoms with E-state index in [0.717, 1.165) is 5.57 Å². The highest BCUT2D eigenvalue weighted by atomic mass is 16.5. The molecule has 0 radical (unpaired) electrons. The lowest BCUT2D eigenvalue weighted by Gasteiger charge is -2.13. The third-order valence-corrected chi connectivity index (χ3v) is 3.73. The predicted octanol–water partition coefficient (Wildman–Crippen LogP) is 0.812. The Kier molecular flexibility index (Phi) is 4.56. The third-order valence-electron chi connectivity index (χ3n) is 3.73. The van der Waals surface area contributed by atoms with E-state index < -0.39 is 18.4 Å². The van der Waals surface area contributed by atoms with Crippen molar-refractivity contribution in [3.8, 4) is 5.88 Å². The number of hydrogen-bond donors (Lipinski definition) is 2. The highest BCUT2D eigenvalue weighted by molar-refractivity contribution is 5.76. The second kappa shape index (κ2) is 6.61. The summed E-state index contributed by atoms with van der Waals surface area (Å²) in [5.41, 5.74) is 2.27. The van der Waals surface area contributed by atoms with Crippen LogP contribution in [0.5, 0.6) is 5.88 Å². The summed E-state index contributed by atoms with van der Waals surface area (Å²) in [5, 5.41) is 19.1. The van der Waals surface area contributed by atoms with E-state index in [4.69, 9.17) is 9.47 Å². The number of aromatic nitrogens is 4. The number of fused-ring (bicyclic) bond motifs is 1. The molecule has 3 atom stereocenters. The van der Waals surface area contributed by atoms with Crippen LogP contribution in [-0.2, 0) is 4.74 Å². The number of imidazole rings is 1. The van der Waals surface area contributed by atoms with Crippen LogP contribution < -0.4 is 4.74 Å². The maximum atomic E-state index is 9.87. The first-order chi connectivity index (χ1) is 11.1. The van der Waals surface area contributed by atoms with Gasteiger partial charge in [-0.15, -0.1) is 0 Å². The van der Waals surface area contributed by atoms with Crippen molar-refractivity contribution in [1.29, 1.82) is 0 Å². The Morgan fingerprint density at radius 1 is 1.43 bits per heavy atom. The lowest BCUT2D eigenvalue weighted by Crippen LogP contribution is -2.24. The van der Waals surface area contributed by atoms with Crippen LogP contribution in [0.4, 0.5) is 0 Å². The molecule has 8 nitrogen and oxygen atoms in total. The number of aliphatic hydroxyl groups is 2. The van der Waals surface area contributed by atoms with E-state index >= 15 is 0 Å². The zero-order chi connectivity index (χ0) is 16.4. The number of allylic oxidation sites excluding steroid dienone is 1. The molecule has 124 valence electrons. The summed E-state index contributed by atoms with van der Waals surface area (Å²) in [7, 11) is 0. The van der Waals surface area contributed by atoms with Crippen molar-refractivity contribution in [2.75, 3.05) is 13.2 Å². The van der Waals surface area contributed by atoms with E-state index in [1.165, 1.54) is 6.33 Å². The van der Waals surface area contributed by atoms with Gasteiger partial charge in [-0.2, -0.15) is 4.98 Å². The van der Waals surface area contributed by atoms with Gasteiger partial charge in [0.25, 0.3) is 0 Å². The fraction of sp³-hybridized carbons (Fsp3) is 0.533. The number of ether oxygens (including phenoxy) is 2. The van der Waals surface area contributed by atoms with E-state index in [2.05, 4.69) is 15.0 Å². The van der Waals surface area contributed by atoms with Crippen LogP contribution in [0.2, 0.25) is 0 Å². The monoisotopic (exact) mass is 320 g/mol. The molecular formula is C15H20N4O4. The van der Waals surface area contributed by atoms with Crippen LogP contribution >= 0.6 is 0 Å². The zero-order valence-electron chi connectivity index (χ0n) is 13.1. The summed E-state index contributed by atoms with van der Waals surface area (Å²) in [6, 6.07) is 0. The quantitative estimate of drug-likeness (QED) is 0.786. The zero-order valence-corrected chi connectivity index (χ0v) is 13.1. The highest BCUT2D eigenvalue weighted by Gasteiger charge is 2.35. The summed E-state index contributed by atoms with van der Waals surface area (Å²) in [4.78, 5) is 12.7. The Morgan fingerprint density at radius 3 is 2.96 bits per heavy atom. The van der Waals surface area contributed by atoms with Gasteiger partial charge in [-0.1, -0.05) is 5.57 Å². The van der Waals surface area contributed by atoms with Crippen molar-refractivity contribution >= 4 is 11.2 Å². The van der Waals surface area contributed by atoms with Crippen LogP contribution in [0.3, 0.4) is 0 Å². The minimum atomic E-state index is -0.710. The molecule has 0 aromatic carbocycles. The van der Waals surface area contributed by atoms with E-state index in [0.29, 0.717) is 30.1 Å². The Hall–Kier alpha value is -2.03. The van der Waals surface area contributed by atoms with E-state index in [-0.39, 0.29) is 6.61 Å². The maximum Gasteiger partial charge on any atom is 0.245 e. The van der Waals surface area contributed by atoms with Gasteiger partial charge in [0, 0.05) is 6.42 Å². The first kappa shape index (κ1) is 15.9. The van der Waals surface area contributed by atoms with Crippen molar-refractivity contribution in [1.82, 2.24) is 19.5 Å². The normalized spacial score (nSPS) is 24.1. The number of hydrogen-bond acceptors (Lipinski definition) is 7. The van der Waals surface area contributed by atoms with Gasteiger partial charge < -0.3 is 19.7 Å². The van der Waals surface area contributed by atoms with Gasteiger partial charge in [-0.3, -0.25) is 4.57 Å². The second-order valence-electron chi connectivity index (χ2n) is 5.71. The first-order valence-corrected chi connectivity index (χ1v) is 7.48. The Morgan fingerprint density at radius 2 is 2.26 bits per heavy atom. The van der Waals surface area contributed by atoms with Crippen molar-refractivity contribution < 1.29 is 19.7 Å². The maximum absolute atomic E-state index is 9.87. The minimum absolute atomic E-state index is 0.226. The topological polar surface area (TPSA) is 103 Å². The fourth-order valence-electron chi connectivity index (χ4n) is 2.48. The van der Waals surface area contributed by atoms with Gasteiger partial charge in [0.2, 0.25) is 5.88 Å². The molecule has 2 aromatic rings. The second-order valence-corrected chi connectivity index (χ2v) is 5.71. The number of nitrogens with zero attached hydrogens (tertiary/aromatic N) is 4. The van der Waals surface area contributed by atoms with Crippen molar-refractivity contribution in [3.05, 3.63) is 24.3 Å². The molecule has 1 saturated heterocycles. The SMILES string of the molecule is CC(C)=CCOc1ncnc2c1ncn2[C@H]1C[C@H](O)[C@@H](CO)O1. The average molecular weight is 320 g/mol. The molecule has 1 aliphatic rings. The molecule has 23 heavy (non-hydrogen) atoms. The van der Waals surface area contributed by atoms with Gasteiger partial charge in [0.15, 0.2) is 11.2 Å². The van der Waals surface area contributed by atoms with Crippen LogP contribution in [0.15, 0.2) is 24.3 Å². The molecule has 0 amide bonds. The minimum Gasteiger partial charge on any atom is -0.472 e. The Balaban J connectivity index is 1.85. The molecule has 3 rings (SSSR count). The predicted molar refractivity (Wildman–Crippen MR) is 81.9 cm³/mol. The van der Waals surface area contributed by atoms with Crippen LogP contribution in [-0.4, -0.2) is 55.2 Å². The van der Waals surface area contributed by atoms with Gasteiger partial charge in [0.1, 0.15) is 25.3 Å². The van der Waals surface area contributed by atoms with Crippen molar-refractivity contribution in [3.63, 3.8) is 0 Å². The Bertz CT molecular complexity index is 711. The first-order valence-electron chi connectivity index (χ1n) is 7.48. The van der Waals surface area contributed by atoms with Crippen LogP contribution in [0.1, 0.15) is 26.5 Å². The summed E-state index contributed by atoms with van der Waals surface area (Å²) in [5.74, 6) is 0.406. The van der Waals surface area contributed by atoms with E-state index in [1.807, 2.05) is 19.9 Å². The molecule has 0 saturated carbocycles. The van der Waals surface area contributed by atoms with Gasteiger partial charge in [0.05, 0.1) is 19.0 Å². The molecule has 2 aromatic heterocycles. The summed E-state index contributed by atoms with van der Waals surface area (Å²) in [6.07, 6.45) is 3.59. The van der Waals surface area contributed by atoms with Crippen molar-refractivity contribution in [2.24, 2.45) is 0 Å². The van der Waals surface area contributed by atoms with Gasteiger partial charge in [-0.05, 0) is 19.9 Å². The average Bonchev–Trinajstić information content (AvgIpc) is 3.10. The number of rotatable bonds is 5. The molecule has 0 unspecified atom stereocenters. The van der Waals surface area contributed by atoms with Crippen molar-refractivity contribution in [2.45, 2.75) is 38.7 Å². The number of aliphatic hydroxyl groups excluding tert-OH is 2.